The maximum absolute atomic E-state index is 10.7. The summed E-state index contributed by atoms with van der Waals surface area (Å²) in [6.07, 6.45) is 3.01. The Labute approximate surface area is 198 Å². The molecule has 0 saturated heterocycles. The van der Waals surface area contributed by atoms with E-state index in [1.54, 1.807) is 0 Å². The first-order valence-electron chi connectivity index (χ1n) is 8.68. The molecule has 13 heteroatoms. The van der Waals surface area contributed by atoms with Gasteiger partial charge in [0.1, 0.15) is 0 Å². The molecule has 0 rings (SSSR count). The third-order valence-corrected chi connectivity index (χ3v) is 11.3. The Bertz CT molecular complexity index is 513. The van der Waals surface area contributed by atoms with E-state index >= 15 is 0 Å². The van der Waals surface area contributed by atoms with Crippen molar-refractivity contribution in [3.05, 3.63) is 20.0 Å². The van der Waals surface area contributed by atoms with Crippen molar-refractivity contribution in [2.24, 2.45) is 0 Å². The second kappa shape index (κ2) is 24.9. The van der Waals surface area contributed by atoms with E-state index in [9.17, 15) is 13.2 Å². The normalized spacial score (nSPS) is 10.6. The summed E-state index contributed by atoms with van der Waals surface area (Å²) in [6.45, 7) is 32.8. The van der Waals surface area contributed by atoms with Crippen LogP contribution >= 0.6 is 15.8 Å². The Morgan fingerprint density at radius 3 is 0.903 bits per heavy atom. The van der Waals surface area contributed by atoms with E-state index in [1.165, 1.54) is 12.3 Å². The maximum atomic E-state index is 10.7. The summed E-state index contributed by atoms with van der Waals surface area (Å²) in [7, 11) is -5.33. The molecular weight excluding hydrogens is 518 g/mol. The van der Waals surface area contributed by atoms with E-state index < -0.39 is 15.6 Å². The molecule has 0 spiro atoms. The van der Waals surface area contributed by atoms with Crippen LogP contribution in [0.2, 0.25) is 0 Å². The van der Waals surface area contributed by atoms with Crippen LogP contribution in [0, 0.1) is 20.0 Å². The summed E-state index contributed by atoms with van der Waals surface area (Å²) in [6, 6.07) is 0. The summed E-state index contributed by atoms with van der Waals surface area (Å²) in [5.41, 5.74) is -1.90. The van der Waals surface area contributed by atoms with Gasteiger partial charge in [-0.25, -0.2) is 0 Å². The van der Waals surface area contributed by atoms with Gasteiger partial charge in [-0.3, -0.25) is 4.55 Å². The van der Waals surface area contributed by atoms with Crippen LogP contribution in [0.25, 0.3) is 0 Å². The molecule has 0 heterocycles. The van der Waals surface area contributed by atoms with Crippen molar-refractivity contribution in [3.8, 4) is 0 Å². The minimum atomic E-state index is -5.84. The molecule has 0 aromatic rings. The van der Waals surface area contributed by atoms with Crippen LogP contribution in [-0.4, -0.2) is 53.4 Å². The molecule has 31 heavy (non-hydrogen) atoms. The van der Waals surface area contributed by atoms with Crippen LogP contribution < -0.4 is 0 Å². The molecule has 1 radical (unpaired) electrons. The zero-order chi connectivity index (χ0) is 25.9. The van der Waals surface area contributed by atoms with Gasteiger partial charge in [0.2, 0.25) is 0 Å². The van der Waals surface area contributed by atoms with Crippen LogP contribution in [-0.2, 0) is 41.1 Å². The van der Waals surface area contributed by atoms with Crippen LogP contribution in [0.5, 0.6) is 0 Å². The second-order valence-corrected chi connectivity index (χ2v) is 15.3. The molecule has 0 amide bonds. The Hall–Kier alpha value is 0.299. The van der Waals surface area contributed by atoms with E-state index in [0.717, 1.165) is 22.6 Å². The van der Waals surface area contributed by atoms with Gasteiger partial charge >= 0.3 is 49.5 Å². The molecule has 185 valence electrons. The second-order valence-electron chi connectivity index (χ2n) is 6.77. The monoisotopic (exact) mass is 551 g/mol. The summed E-state index contributed by atoms with van der Waals surface area (Å²) in [5, 5.41) is 0. The molecule has 0 aromatic heterocycles. The van der Waals surface area contributed by atoms with Crippen LogP contribution in [0.1, 0.15) is 55.4 Å². The van der Waals surface area contributed by atoms with Gasteiger partial charge in [-0.1, -0.05) is 55.4 Å². The molecule has 0 aromatic carbocycles. The maximum Gasteiger partial charge on any atom is 0 e. The van der Waals surface area contributed by atoms with Crippen molar-refractivity contribution in [1.29, 1.82) is 0 Å². The predicted molar refractivity (Wildman–Crippen MR) is 114 cm³/mol. The summed E-state index contributed by atoms with van der Waals surface area (Å²) in [5.74, 6) is 0. The number of hydrogen-bond donors (Lipinski definition) is 1. The van der Waals surface area contributed by atoms with Crippen LogP contribution in [0.3, 0.4) is 0 Å². The van der Waals surface area contributed by atoms with Crippen molar-refractivity contribution < 1.29 is 57.2 Å². The molecule has 6 nitrogen and oxygen atoms in total. The van der Waals surface area contributed by atoms with E-state index in [0.29, 0.717) is 0 Å². The molecule has 0 aliphatic heterocycles. The molecule has 0 saturated carbocycles. The topological polar surface area (TPSA) is 114 Å². The molecule has 0 atom stereocenters. The molecule has 1 N–H and O–H groups in total. The molecule has 0 bridgehead atoms. The van der Waals surface area contributed by atoms with E-state index in [1.807, 2.05) is 0 Å². The quantitative estimate of drug-likeness (QED) is 0.107. The molecule has 0 fully saturated rings. The van der Waals surface area contributed by atoms with Crippen molar-refractivity contribution in [3.63, 3.8) is 0 Å². The van der Waals surface area contributed by atoms with Gasteiger partial charge < -0.3 is 0 Å². The molecular formula is C18H33F3MnO6P2S. The van der Waals surface area contributed by atoms with Crippen molar-refractivity contribution in [1.82, 2.24) is 0 Å². The van der Waals surface area contributed by atoms with Crippen molar-refractivity contribution in [2.45, 2.75) is 83.5 Å². The number of rotatable bonds is 7. The van der Waals surface area contributed by atoms with E-state index in [4.69, 9.17) is 26.9 Å². The minimum absolute atomic E-state index is 0. The van der Waals surface area contributed by atoms with Gasteiger partial charge in [-0.2, -0.15) is 21.6 Å². The standard InChI is InChI=1S/C14H32P2.CHF3O3S.3CO.Mn/c1-11(2)15(12(3)4)9-10-16(13(5)6)14(7)8;2-1(3,4)8(5,6)7;3*1-2;/h11-14H,9-10H2,1-8H3;(H,5,6,7);;;;. The third kappa shape index (κ3) is 26.4. The summed E-state index contributed by atoms with van der Waals surface area (Å²) < 4.78 is 80.0. The van der Waals surface area contributed by atoms with Gasteiger partial charge in [0.25, 0.3) is 0 Å². The summed E-state index contributed by atoms with van der Waals surface area (Å²) in [4.78, 5) is 0. The first-order chi connectivity index (χ1) is 13.5. The third-order valence-electron chi connectivity index (χ3n) is 3.56. The van der Waals surface area contributed by atoms with Crippen molar-refractivity contribution in [2.75, 3.05) is 12.3 Å². The summed E-state index contributed by atoms with van der Waals surface area (Å²) >= 11 is 0. The first kappa shape index (κ1) is 44.9. The fourth-order valence-corrected chi connectivity index (χ4v) is 8.75. The van der Waals surface area contributed by atoms with Gasteiger partial charge in [-0.15, -0.1) is 15.8 Å². The van der Waals surface area contributed by atoms with E-state index in [-0.39, 0.29) is 32.9 Å². The van der Waals surface area contributed by atoms with E-state index in [2.05, 4.69) is 75.3 Å². The minimum Gasteiger partial charge on any atom is 0 e. The predicted octanol–water partition coefficient (Wildman–Crippen LogP) is 5.86. The number of halogens is 3. The largest absolute Gasteiger partial charge is 0 e. The Morgan fingerprint density at radius 1 is 0.710 bits per heavy atom. The SMILES string of the molecule is CC(C)P(CCP(C(C)C)C(C)C)C(C)C.O=S(=O)(O)C(F)(F)F.[C-]#[O+].[C-]#[O+].[C-]#[O+].[Mn]. The Balaban J connectivity index is -0.0000000880. The number of alkyl halides is 3. The zero-order valence-electron chi connectivity index (χ0n) is 19.0. The van der Waals surface area contributed by atoms with Crippen LogP contribution in [0.4, 0.5) is 13.2 Å². The van der Waals surface area contributed by atoms with Gasteiger partial charge in [0.05, 0.1) is 0 Å². The fourth-order valence-electron chi connectivity index (χ4n) is 2.46. The smallest absolute Gasteiger partial charge is 0 e. The van der Waals surface area contributed by atoms with Gasteiger partial charge in [0, 0.05) is 17.1 Å². The van der Waals surface area contributed by atoms with Crippen molar-refractivity contribution >= 4 is 26.0 Å². The van der Waals surface area contributed by atoms with Gasteiger partial charge in [0.15, 0.2) is 0 Å². The first-order valence-corrected chi connectivity index (χ1v) is 13.5. The van der Waals surface area contributed by atoms with Gasteiger partial charge in [-0.05, 0) is 35.0 Å². The Kier molecular flexibility index (Phi) is 36.1. The molecule has 0 aliphatic rings. The Morgan fingerprint density at radius 2 is 0.839 bits per heavy atom. The average Bonchev–Trinajstić information content (AvgIpc) is 2.61. The number of hydrogen-bond acceptors (Lipinski definition) is 2. The fraction of sp³-hybridized carbons (Fsp3) is 0.833. The molecule has 0 unspecified atom stereocenters. The van der Waals surface area contributed by atoms with Crippen LogP contribution in [0.15, 0.2) is 0 Å². The average molecular weight is 551 g/mol. The molecule has 0 aliphatic carbocycles. The zero-order valence-corrected chi connectivity index (χ0v) is 22.8.